The van der Waals surface area contributed by atoms with Crippen LogP contribution >= 0.6 is 11.3 Å². The molecule has 1 fully saturated rings. The molecule has 0 radical (unpaired) electrons. The molecule has 0 spiro atoms. The SMILES string of the molecule is CCCC(=O)N(CC(=O)N(Cc1ccccc1)Cc1cccs1)C[C@H]1CCCO1. The first-order valence-electron chi connectivity index (χ1n) is 10.4. The van der Waals surface area contributed by atoms with Crippen LogP contribution < -0.4 is 0 Å². The number of hydrogen-bond acceptors (Lipinski definition) is 4. The summed E-state index contributed by atoms with van der Waals surface area (Å²) in [5.74, 6) is 0.0110. The van der Waals surface area contributed by atoms with Gasteiger partial charge < -0.3 is 14.5 Å². The molecular formula is C23H30N2O3S. The van der Waals surface area contributed by atoms with Crippen LogP contribution in [-0.4, -0.2) is 47.4 Å². The maximum atomic E-state index is 13.3. The highest BCUT2D eigenvalue weighted by Crippen LogP contribution is 2.17. The molecule has 1 saturated heterocycles. The van der Waals surface area contributed by atoms with Crippen LogP contribution in [0.4, 0.5) is 0 Å². The van der Waals surface area contributed by atoms with Crippen LogP contribution in [0.5, 0.6) is 0 Å². The molecule has 3 rings (SSSR count). The highest BCUT2D eigenvalue weighted by atomic mass is 32.1. The minimum Gasteiger partial charge on any atom is -0.376 e. The van der Waals surface area contributed by atoms with Gasteiger partial charge in [0.2, 0.25) is 11.8 Å². The molecular weight excluding hydrogens is 384 g/mol. The van der Waals surface area contributed by atoms with Crippen LogP contribution in [0.2, 0.25) is 0 Å². The Bertz CT molecular complexity index is 758. The van der Waals surface area contributed by atoms with Crippen molar-refractivity contribution in [2.75, 3.05) is 19.7 Å². The Morgan fingerprint density at radius 3 is 2.55 bits per heavy atom. The van der Waals surface area contributed by atoms with Crippen molar-refractivity contribution < 1.29 is 14.3 Å². The molecule has 6 heteroatoms. The summed E-state index contributed by atoms with van der Waals surface area (Å²) >= 11 is 1.64. The molecule has 0 N–H and O–H groups in total. The summed E-state index contributed by atoms with van der Waals surface area (Å²) in [5, 5.41) is 2.02. The molecule has 0 aliphatic carbocycles. The second-order valence-corrected chi connectivity index (χ2v) is 8.51. The van der Waals surface area contributed by atoms with Crippen molar-refractivity contribution in [3.63, 3.8) is 0 Å². The van der Waals surface area contributed by atoms with Crippen molar-refractivity contribution in [3.05, 3.63) is 58.3 Å². The number of carbonyl (C=O) groups excluding carboxylic acids is 2. The molecule has 156 valence electrons. The van der Waals surface area contributed by atoms with E-state index in [9.17, 15) is 9.59 Å². The quantitative estimate of drug-likeness (QED) is 0.588. The van der Waals surface area contributed by atoms with E-state index in [1.54, 1.807) is 16.2 Å². The van der Waals surface area contributed by atoms with Crippen molar-refractivity contribution in [2.24, 2.45) is 0 Å². The number of thiophene rings is 1. The lowest BCUT2D eigenvalue weighted by Crippen LogP contribution is -2.45. The molecule has 29 heavy (non-hydrogen) atoms. The Labute approximate surface area is 177 Å². The number of benzene rings is 1. The third-order valence-electron chi connectivity index (χ3n) is 5.09. The lowest BCUT2D eigenvalue weighted by atomic mass is 10.2. The predicted molar refractivity (Wildman–Crippen MR) is 115 cm³/mol. The Kier molecular flexibility index (Phi) is 8.25. The van der Waals surface area contributed by atoms with Gasteiger partial charge in [-0.1, -0.05) is 43.3 Å². The monoisotopic (exact) mass is 414 g/mol. The van der Waals surface area contributed by atoms with Crippen LogP contribution in [0.3, 0.4) is 0 Å². The lowest BCUT2D eigenvalue weighted by molar-refractivity contribution is -0.142. The van der Waals surface area contributed by atoms with E-state index in [0.29, 0.717) is 26.1 Å². The molecule has 2 amide bonds. The first-order chi connectivity index (χ1) is 14.2. The van der Waals surface area contributed by atoms with Gasteiger partial charge in [-0.05, 0) is 36.3 Å². The van der Waals surface area contributed by atoms with Crippen LogP contribution in [0.1, 0.15) is 43.0 Å². The van der Waals surface area contributed by atoms with E-state index in [-0.39, 0.29) is 24.5 Å². The van der Waals surface area contributed by atoms with Gasteiger partial charge >= 0.3 is 0 Å². The van der Waals surface area contributed by atoms with Crippen LogP contribution in [0.25, 0.3) is 0 Å². The van der Waals surface area contributed by atoms with Gasteiger partial charge in [0.15, 0.2) is 0 Å². The molecule has 1 aromatic carbocycles. The maximum Gasteiger partial charge on any atom is 0.242 e. The fourth-order valence-electron chi connectivity index (χ4n) is 3.55. The number of ether oxygens (including phenoxy) is 1. The van der Waals surface area contributed by atoms with Crippen molar-refractivity contribution in [2.45, 2.75) is 51.8 Å². The molecule has 2 aromatic rings. The minimum absolute atomic E-state index is 0.0234. The molecule has 1 aliphatic heterocycles. The Morgan fingerprint density at radius 1 is 1.07 bits per heavy atom. The summed E-state index contributed by atoms with van der Waals surface area (Å²) in [6.45, 7) is 4.43. The fourth-order valence-corrected chi connectivity index (χ4v) is 4.27. The summed E-state index contributed by atoms with van der Waals surface area (Å²) in [5.41, 5.74) is 1.09. The molecule has 0 unspecified atom stereocenters. The zero-order valence-corrected chi connectivity index (χ0v) is 17.9. The van der Waals surface area contributed by atoms with E-state index in [1.807, 2.05) is 59.7 Å². The summed E-state index contributed by atoms with van der Waals surface area (Å²) in [7, 11) is 0. The highest BCUT2D eigenvalue weighted by molar-refractivity contribution is 7.09. The van der Waals surface area contributed by atoms with Gasteiger partial charge in [0.1, 0.15) is 0 Å². The Morgan fingerprint density at radius 2 is 1.90 bits per heavy atom. The number of rotatable bonds is 10. The van der Waals surface area contributed by atoms with Crippen molar-refractivity contribution >= 4 is 23.2 Å². The first kappa shape index (κ1) is 21.5. The van der Waals surface area contributed by atoms with Crippen molar-refractivity contribution in [1.82, 2.24) is 9.80 Å². The third-order valence-corrected chi connectivity index (χ3v) is 5.95. The number of hydrogen-bond donors (Lipinski definition) is 0. The second-order valence-electron chi connectivity index (χ2n) is 7.47. The molecule has 5 nitrogen and oxygen atoms in total. The zero-order chi connectivity index (χ0) is 20.5. The summed E-state index contributed by atoms with van der Waals surface area (Å²) in [4.78, 5) is 30.6. The Hall–Kier alpha value is -2.18. The fraction of sp³-hybridized carbons (Fsp3) is 0.478. The molecule has 0 bridgehead atoms. The van der Waals surface area contributed by atoms with Crippen molar-refractivity contribution in [1.29, 1.82) is 0 Å². The first-order valence-corrected chi connectivity index (χ1v) is 11.3. The normalized spacial score (nSPS) is 16.0. The number of nitrogens with zero attached hydrogens (tertiary/aromatic N) is 2. The Balaban J connectivity index is 1.71. The van der Waals surface area contributed by atoms with E-state index in [2.05, 4.69) is 0 Å². The van der Waals surface area contributed by atoms with Crippen LogP contribution in [0.15, 0.2) is 47.8 Å². The smallest absolute Gasteiger partial charge is 0.242 e. The van der Waals surface area contributed by atoms with Crippen LogP contribution in [0, 0.1) is 0 Å². The van der Waals surface area contributed by atoms with Gasteiger partial charge in [-0.3, -0.25) is 9.59 Å². The van der Waals surface area contributed by atoms with Gasteiger partial charge in [0.25, 0.3) is 0 Å². The van der Waals surface area contributed by atoms with Gasteiger partial charge in [-0.15, -0.1) is 11.3 Å². The van der Waals surface area contributed by atoms with Gasteiger partial charge in [-0.25, -0.2) is 0 Å². The van der Waals surface area contributed by atoms with Gasteiger partial charge in [0, 0.05) is 31.0 Å². The predicted octanol–water partition coefficient (Wildman–Crippen LogP) is 4.08. The standard InChI is InChI=1S/C23H30N2O3S/c1-2-8-22(26)25(16-20-11-6-13-28-20)18-23(27)24(17-21-12-7-14-29-21)15-19-9-4-3-5-10-19/h3-5,7,9-10,12,14,20H,2,6,8,11,13,15-18H2,1H3/t20-/m1/s1. The van der Waals surface area contributed by atoms with E-state index in [0.717, 1.165) is 36.3 Å². The molecule has 1 aliphatic rings. The third kappa shape index (κ3) is 6.68. The topological polar surface area (TPSA) is 49.9 Å². The van der Waals surface area contributed by atoms with Crippen LogP contribution in [-0.2, 0) is 27.4 Å². The minimum atomic E-state index is -0.0234. The second kappa shape index (κ2) is 11.1. The summed E-state index contributed by atoms with van der Waals surface area (Å²) in [6, 6.07) is 14.0. The average Bonchev–Trinajstić information content (AvgIpc) is 3.42. The number of carbonyl (C=O) groups is 2. The highest BCUT2D eigenvalue weighted by Gasteiger charge is 2.26. The summed E-state index contributed by atoms with van der Waals surface area (Å²) in [6.07, 6.45) is 3.25. The van der Waals surface area contributed by atoms with E-state index in [4.69, 9.17) is 4.74 Å². The van der Waals surface area contributed by atoms with Gasteiger partial charge in [-0.2, -0.15) is 0 Å². The van der Waals surface area contributed by atoms with E-state index in [1.165, 1.54) is 0 Å². The largest absolute Gasteiger partial charge is 0.376 e. The molecule has 1 atom stereocenters. The summed E-state index contributed by atoms with van der Waals surface area (Å²) < 4.78 is 5.72. The van der Waals surface area contributed by atoms with Gasteiger partial charge in [0.05, 0.1) is 19.2 Å². The average molecular weight is 415 g/mol. The lowest BCUT2D eigenvalue weighted by Gasteiger charge is -2.29. The van der Waals surface area contributed by atoms with E-state index < -0.39 is 0 Å². The molecule has 2 heterocycles. The van der Waals surface area contributed by atoms with Crippen molar-refractivity contribution in [3.8, 4) is 0 Å². The zero-order valence-electron chi connectivity index (χ0n) is 17.1. The maximum absolute atomic E-state index is 13.3. The molecule has 1 aromatic heterocycles. The van der Waals surface area contributed by atoms with E-state index >= 15 is 0 Å². The number of amides is 2. The molecule has 0 saturated carbocycles.